The van der Waals surface area contributed by atoms with E-state index in [4.69, 9.17) is 0 Å². The van der Waals surface area contributed by atoms with Crippen LogP contribution in [0, 0.1) is 5.82 Å². The quantitative estimate of drug-likeness (QED) is 0.852. The van der Waals surface area contributed by atoms with E-state index in [0.29, 0.717) is 10.9 Å². The lowest BCUT2D eigenvalue weighted by Crippen LogP contribution is -2.25. The van der Waals surface area contributed by atoms with Gasteiger partial charge in [0.05, 0.1) is 16.2 Å². The maximum Gasteiger partial charge on any atom is 0.137 e. The zero-order valence-corrected chi connectivity index (χ0v) is 13.0. The summed E-state index contributed by atoms with van der Waals surface area (Å²) in [6, 6.07) is 11.1. The van der Waals surface area contributed by atoms with Crippen molar-refractivity contribution in [2.24, 2.45) is 0 Å². The molecule has 0 radical (unpaired) electrons. The van der Waals surface area contributed by atoms with Gasteiger partial charge in [-0.1, -0.05) is 25.1 Å². The molecule has 0 fully saturated rings. The fourth-order valence-electron chi connectivity index (χ4n) is 2.11. The standard InChI is InChI=1S/C16H18BrFN2/c1-2-9-19-15(14-8-3-4-10-20-14)11-12-6-5-7-13(18)16(12)17/h3-8,10,15,19H,2,9,11H2,1H3. The van der Waals surface area contributed by atoms with E-state index in [1.54, 1.807) is 12.3 Å². The fourth-order valence-corrected chi connectivity index (χ4v) is 2.53. The van der Waals surface area contributed by atoms with Crippen LogP contribution in [-0.2, 0) is 6.42 Å². The lowest BCUT2D eigenvalue weighted by molar-refractivity contribution is 0.515. The van der Waals surface area contributed by atoms with E-state index in [1.165, 1.54) is 6.07 Å². The predicted molar refractivity (Wildman–Crippen MR) is 83.1 cm³/mol. The van der Waals surface area contributed by atoms with Gasteiger partial charge in [-0.3, -0.25) is 4.98 Å². The summed E-state index contributed by atoms with van der Waals surface area (Å²) in [6.07, 6.45) is 3.54. The van der Waals surface area contributed by atoms with Crippen molar-refractivity contribution >= 4 is 15.9 Å². The number of nitrogens with one attached hydrogen (secondary N) is 1. The molecule has 0 amide bonds. The molecule has 0 aliphatic carbocycles. The molecule has 1 N–H and O–H groups in total. The molecule has 2 aromatic rings. The van der Waals surface area contributed by atoms with Crippen LogP contribution in [0.2, 0.25) is 0 Å². The molecule has 0 saturated heterocycles. The van der Waals surface area contributed by atoms with Crippen LogP contribution in [0.3, 0.4) is 0 Å². The molecular weight excluding hydrogens is 319 g/mol. The Kier molecular flexibility index (Phi) is 5.68. The maximum atomic E-state index is 13.6. The first kappa shape index (κ1) is 15.1. The summed E-state index contributed by atoms with van der Waals surface area (Å²) in [6.45, 7) is 3.04. The third-order valence-electron chi connectivity index (χ3n) is 3.14. The SMILES string of the molecule is CCCNC(Cc1cccc(F)c1Br)c1ccccn1. The fraction of sp³-hybridized carbons (Fsp3) is 0.312. The van der Waals surface area contributed by atoms with Gasteiger partial charge in [-0.2, -0.15) is 0 Å². The van der Waals surface area contributed by atoms with E-state index in [0.717, 1.165) is 24.2 Å². The molecular formula is C16H18BrFN2. The van der Waals surface area contributed by atoms with E-state index in [2.05, 4.69) is 33.2 Å². The van der Waals surface area contributed by atoms with Crippen molar-refractivity contribution in [3.63, 3.8) is 0 Å². The molecule has 0 aliphatic rings. The van der Waals surface area contributed by atoms with Gasteiger partial charge in [-0.25, -0.2) is 4.39 Å². The number of hydrogen-bond acceptors (Lipinski definition) is 2. The number of pyridine rings is 1. The summed E-state index contributed by atoms with van der Waals surface area (Å²) in [5.74, 6) is -0.224. The Hall–Kier alpha value is -1.26. The molecule has 2 rings (SSSR count). The molecule has 4 heteroatoms. The summed E-state index contributed by atoms with van der Waals surface area (Å²) in [4.78, 5) is 4.41. The minimum atomic E-state index is -0.224. The molecule has 106 valence electrons. The number of nitrogens with zero attached hydrogens (tertiary/aromatic N) is 1. The number of halogens is 2. The van der Waals surface area contributed by atoms with Gasteiger partial charge in [0.15, 0.2) is 0 Å². The van der Waals surface area contributed by atoms with Crippen LogP contribution < -0.4 is 5.32 Å². The molecule has 0 saturated carbocycles. The van der Waals surface area contributed by atoms with Crippen LogP contribution >= 0.6 is 15.9 Å². The Morgan fingerprint density at radius 1 is 1.25 bits per heavy atom. The second-order valence-corrected chi connectivity index (χ2v) is 5.47. The lowest BCUT2D eigenvalue weighted by Gasteiger charge is -2.19. The molecule has 0 bridgehead atoms. The second kappa shape index (κ2) is 7.50. The zero-order chi connectivity index (χ0) is 14.4. The van der Waals surface area contributed by atoms with Crippen molar-refractivity contribution in [1.82, 2.24) is 10.3 Å². The summed E-state index contributed by atoms with van der Waals surface area (Å²) < 4.78 is 14.1. The summed E-state index contributed by atoms with van der Waals surface area (Å²) in [7, 11) is 0. The van der Waals surface area contributed by atoms with E-state index in [-0.39, 0.29) is 11.9 Å². The molecule has 2 nitrogen and oxygen atoms in total. The van der Waals surface area contributed by atoms with Crippen LogP contribution in [-0.4, -0.2) is 11.5 Å². The van der Waals surface area contributed by atoms with Crippen molar-refractivity contribution in [1.29, 1.82) is 0 Å². The van der Waals surface area contributed by atoms with Crippen molar-refractivity contribution < 1.29 is 4.39 Å². The number of hydrogen-bond donors (Lipinski definition) is 1. The largest absolute Gasteiger partial charge is 0.308 e. The molecule has 1 aromatic heterocycles. The van der Waals surface area contributed by atoms with E-state index < -0.39 is 0 Å². The Morgan fingerprint density at radius 2 is 2.10 bits per heavy atom. The Labute approximate surface area is 127 Å². The van der Waals surface area contributed by atoms with Crippen molar-refractivity contribution in [3.05, 3.63) is 64.1 Å². The van der Waals surface area contributed by atoms with Gasteiger partial charge in [-0.05, 0) is 59.1 Å². The highest BCUT2D eigenvalue weighted by Crippen LogP contribution is 2.25. The van der Waals surface area contributed by atoms with Crippen LogP contribution in [0.1, 0.15) is 30.6 Å². The summed E-state index contributed by atoms with van der Waals surface area (Å²) in [5, 5.41) is 3.48. The highest BCUT2D eigenvalue weighted by Gasteiger charge is 2.15. The third-order valence-corrected chi connectivity index (χ3v) is 4.03. The normalized spacial score (nSPS) is 12.3. The first-order chi connectivity index (χ1) is 9.72. The highest BCUT2D eigenvalue weighted by atomic mass is 79.9. The minimum absolute atomic E-state index is 0.0919. The topological polar surface area (TPSA) is 24.9 Å². The average Bonchev–Trinajstić information content (AvgIpc) is 2.48. The van der Waals surface area contributed by atoms with Gasteiger partial charge in [0.1, 0.15) is 5.82 Å². The monoisotopic (exact) mass is 336 g/mol. The second-order valence-electron chi connectivity index (χ2n) is 4.68. The number of rotatable bonds is 6. The van der Waals surface area contributed by atoms with Crippen molar-refractivity contribution in [2.45, 2.75) is 25.8 Å². The Balaban J connectivity index is 2.21. The Bertz CT molecular complexity index is 545. The van der Waals surface area contributed by atoms with Gasteiger partial charge in [0.25, 0.3) is 0 Å². The predicted octanol–water partition coefficient (Wildman–Crippen LogP) is 4.27. The van der Waals surface area contributed by atoms with Gasteiger partial charge >= 0.3 is 0 Å². The number of aromatic nitrogens is 1. The first-order valence-electron chi connectivity index (χ1n) is 6.79. The molecule has 1 heterocycles. The molecule has 1 atom stereocenters. The lowest BCUT2D eigenvalue weighted by atomic mass is 10.0. The van der Waals surface area contributed by atoms with Crippen LogP contribution in [0.5, 0.6) is 0 Å². The maximum absolute atomic E-state index is 13.6. The van der Waals surface area contributed by atoms with E-state index in [9.17, 15) is 4.39 Å². The molecule has 20 heavy (non-hydrogen) atoms. The minimum Gasteiger partial charge on any atom is -0.308 e. The van der Waals surface area contributed by atoms with E-state index in [1.807, 2.05) is 24.3 Å². The number of benzene rings is 1. The van der Waals surface area contributed by atoms with Gasteiger partial charge in [0, 0.05) is 6.20 Å². The third kappa shape index (κ3) is 3.87. The zero-order valence-electron chi connectivity index (χ0n) is 11.4. The molecule has 1 unspecified atom stereocenters. The van der Waals surface area contributed by atoms with Gasteiger partial charge in [0.2, 0.25) is 0 Å². The van der Waals surface area contributed by atoms with Crippen molar-refractivity contribution in [2.75, 3.05) is 6.54 Å². The Morgan fingerprint density at radius 3 is 2.80 bits per heavy atom. The molecule has 0 aliphatic heterocycles. The summed E-state index contributed by atoms with van der Waals surface area (Å²) >= 11 is 3.33. The van der Waals surface area contributed by atoms with Gasteiger partial charge in [-0.15, -0.1) is 0 Å². The van der Waals surface area contributed by atoms with E-state index >= 15 is 0 Å². The van der Waals surface area contributed by atoms with Gasteiger partial charge < -0.3 is 5.32 Å². The molecule has 1 aromatic carbocycles. The summed E-state index contributed by atoms with van der Waals surface area (Å²) in [5.41, 5.74) is 1.93. The van der Waals surface area contributed by atoms with Crippen molar-refractivity contribution in [3.8, 4) is 0 Å². The smallest absolute Gasteiger partial charge is 0.137 e. The van der Waals surface area contributed by atoms with Crippen LogP contribution in [0.15, 0.2) is 47.1 Å². The van der Waals surface area contributed by atoms with Crippen LogP contribution in [0.4, 0.5) is 4.39 Å². The highest BCUT2D eigenvalue weighted by molar-refractivity contribution is 9.10. The molecule has 0 spiro atoms. The average molecular weight is 337 g/mol. The first-order valence-corrected chi connectivity index (χ1v) is 7.59. The van der Waals surface area contributed by atoms with Crippen LogP contribution in [0.25, 0.3) is 0 Å².